The van der Waals surface area contributed by atoms with E-state index in [9.17, 15) is 14.7 Å². The molecule has 0 unspecified atom stereocenters. The number of ether oxygens (including phenoxy) is 2. The lowest BCUT2D eigenvalue weighted by Crippen LogP contribution is -2.49. The van der Waals surface area contributed by atoms with Crippen LogP contribution in [0.1, 0.15) is 66.8 Å². The summed E-state index contributed by atoms with van der Waals surface area (Å²) in [7, 11) is 0. The summed E-state index contributed by atoms with van der Waals surface area (Å²) in [6.45, 7) is 5.79. The van der Waals surface area contributed by atoms with Crippen LogP contribution in [0.25, 0.3) is 0 Å². The first-order valence-electron chi connectivity index (χ1n) is 18.0. The number of aliphatic hydroxyl groups excluding tert-OH is 1. The van der Waals surface area contributed by atoms with E-state index in [1.807, 2.05) is 60.7 Å². The van der Waals surface area contributed by atoms with Crippen LogP contribution in [0, 0.1) is 0 Å². The van der Waals surface area contributed by atoms with E-state index in [1.54, 1.807) is 12.1 Å². The zero-order valence-corrected chi connectivity index (χ0v) is 29.1. The first-order valence-corrected chi connectivity index (χ1v) is 18.0. The Morgan fingerprint density at radius 2 is 1.33 bits per heavy atom. The fourth-order valence-corrected chi connectivity index (χ4v) is 6.63. The summed E-state index contributed by atoms with van der Waals surface area (Å²) in [6, 6.07) is 33.3. The highest BCUT2D eigenvalue weighted by molar-refractivity contribution is 5.94. The molecule has 268 valence electrons. The Morgan fingerprint density at radius 3 is 2.02 bits per heavy atom. The summed E-state index contributed by atoms with van der Waals surface area (Å²) in [5.41, 5.74) is 11.9. The van der Waals surface area contributed by atoms with Crippen molar-refractivity contribution in [3.63, 3.8) is 0 Å². The molecule has 4 aromatic rings. The molecule has 3 atom stereocenters. The van der Waals surface area contributed by atoms with Crippen LogP contribution in [0.5, 0.6) is 0 Å². The molecule has 0 aromatic heterocycles. The second-order valence-corrected chi connectivity index (χ2v) is 13.4. The molecule has 2 aliphatic rings. The molecule has 2 saturated heterocycles. The molecule has 51 heavy (non-hydrogen) atoms. The maximum absolute atomic E-state index is 12.7. The van der Waals surface area contributed by atoms with Gasteiger partial charge in [-0.1, -0.05) is 78.9 Å². The minimum absolute atomic E-state index is 0.00113. The van der Waals surface area contributed by atoms with E-state index in [0.29, 0.717) is 42.7 Å². The number of carbonyl (C=O) groups excluding carboxylic acids is 2. The Balaban J connectivity index is 1.00. The predicted molar refractivity (Wildman–Crippen MR) is 200 cm³/mol. The number of anilines is 3. The fourth-order valence-electron chi connectivity index (χ4n) is 6.63. The van der Waals surface area contributed by atoms with Crippen molar-refractivity contribution in [2.45, 2.75) is 63.8 Å². The number of nitrogens with two attached hydrogens (primary N) is 1. The molecule has 2 fully saturated rings. The standard InChI is InChI=1S/C41H49N5O5/c42-36-10-4-5-11-37(36)44-40(49)13-7-6-12-39(48)43-34-20-18-33(19-21-34)41-50-35(26-38(51-41)32-16-14-31(29-47)15-17-32)28-46-24-22-45(23-25-46)27-30-8-2-1-3-9-30/h1-5,8-11,14-21,35,38,41,47H,6-7,12-13,22-29,42H2,(H,43,48)(H,44,49)/t35-,38+,41+/m0/s1. The minimum Gasteiger partial charge on any atom is -0.397 e. The molecule has 0 spiro atoms. The summed E-state index contributed by atoms with van der Waals surface area (Å²) in [6.07, 6.45) is 1.80. The van der Waals surface area contributed by atoms with Gasteiger partial charge in [0.2, 0.25) is 11.8 Å². The molecule has 10 heteroatoms. The Morgan fingerprint density at radius 1 is 0.706 bits per heavy atom. The Bertz CT molecular complexity index is 1690. The molecule has 2 aliphatic heterocycles. The van der Waals surface area contributed by atoms with Crippen LogP contribution >= 0.6 is 0 Å². The van der Waals surface area contributed by atoms with E-state index in [-0.39, 0.29) is 30.6 Å². The largest absolute Gasteiger partial charge is 0.397 e. The number of nitrogens with zero attached hydrogens (tertiary/aromatic N) is 2. The molecule has 2 heterocycles. The number of hydrogen-bond acceptors (Lipinski definition) is 8. The Hall–Kier alpha value is -4.58. The van der Waals surface area contributed by atoms with Crippen molar-refractivity contribution in [3.8, 4) is 0 Å². The molecule has 6 rings (SSSR count). The van der Waals surface area contributed by atoms with Gasteiger partial charge in [0.1, 0.15) is 0 Å². The predicted octanol–water partition coefficient (Wildman–Crippen LogP) is 6.26. The normalized spacial score (nSPS) is 19.7. The molecule has 0 saturated carbocycles. The van der Waals surface area contributed by atoms with Gasteiger partial charge in [0.25, 0.3) is 0 Å². The third kappa shape index (κ3) is 10.7. The molecule has 0 bridgehead atoms. The van der Waals surface area contributed by atoms with Crippen LogP contribution in [0.3, 0.4) is 0 Å². The summed E-state index contributed by atoms with van der Waals surface area (Å²) in [5, 5.41) is 15.3. The molecule has 10 nitrogen and oxygen atoms in total. The van der Waals surface area contributed by atoms with Crippen LogP contribution in [0.4, 0.5) is 17.1 Å². The number of aliphatic hydroxyl groups is 1. The summed E-state index contributed by atoms with van der Waals surface area (Å²) < 4.78 is 13.1. The van der Waals surface area contributed by atoms with E-state index in [1.165, 1.54) is 5.56 Å². The SMILES string of the molecule is Nc1ccccc1NC(=O)CCCCC(=O)Nc1ccc([C@@H]2O[C@H](CN3CCN(Cc4ccccc4)CC3)C[C@H](c3ccc(CO)cc3)O2)cc1. The molecular weight excluding hydrogens is 642 g/mol. The van der Waals surface area contributed by atoms with Gasteiger partial charge in [-0.15, -0.1) is 0 Å². The van der Waals surface area contributed by atoms with Gasteiger partial charge in [0.05, 0.1) is 30.2 Å². The topological polar surface area (TPSA) is 129 Å². The van der Waals surface area contributed by atoms with Crippen molar-refractivity contribution >= 4 is 28.9 Å². The molecular formula is C41H49N5O5. The van der Waals surface area contributed by atoms with Crippen molar-refractivity contribution in [2.24, 2.45) is 0 Å². The lowest BCUT2D eigenvalue weighted by Gasteiger charge is -2.40. The molecule has 2 amide bonds. The molecule has 5 N–H and O–H groups in total. The number of para-hydroxylation sites is 2. The number of carbonyl (C=O) groups is 2. The second kappa shape index (κ2) is 18.1. The summed E-state index contributed by atoms with van der Waals surface area (Å²) in [4.78, 5) is 29.9. The first kappa shape index (κ1) is 36.2. The van der Waals surface area contributed by atoms with Gasteiger partial charge in [0, 0.05) is 69.8 Å². The number of piperazine rings is 1. The van der Waals surface area contributed by atoms with Gasteiger partial charge in [-0.2, -0.15) is 0 Å². The molecule has 4 aromatic carbocycles. The molecule has 0 aliphatic carbocycles. The van der Waals surface area contributed by atoms with Crippen molar-refractivity contribution < 1.29 is 24.2 Å². The van der Waals surface area contributed by atoms with Crippen LogP contribution < -0.4 is 16.4 Å². The minimum atomic E-state index is -0.562. The third-order valence-corrected chi connectivity index (χ3v) is 9.55. The van der Waals surface area contributed by atoms with E-state index in [4.69, 9.17) is 15.2 Å². The second-order valence-electron chi connectivity index (χ2n) is 13.4. The Kier molecular flexibility index (Phi) is 12.8. The van der Waals surface area contributed by atoms with E-state index < -0.39 is 6.29 Å². The zero-order chi connectivity index (χ0) is 35.4. The average Bonchev–Trinajstić information content (AvgIpc) is 3.16. The lowest BCUT2D eigenvalue weighted by molar-refractivity contribution is -0.253. The van der Waals surface area contributed by atoms with Crippen molar-refractivity contribution in [1.29, 1.82) is 0 Å². The van der Waals surface area contributed by atoms with Gasteiger partial charge in [0.15, 0.2) is 6.29 Å². The number of rotatable bonds is 14. The van der Waals surface area contributed by atoms with Crippen LogP contribution in [0.15, 0.2) is 103 Å². The molecule has 0 radical (unpaired) electrons. The van der Waals surface area contributed by atoms with Crippen molar-refractivity contribution in [2.75, 3.05) is 49.1 Å². The smallest absolute Gasteiger partial charge is 0.224 e. The van der Waals surface area contributed by atoms with Gasteiger partial charge in [-0.05, 0) is 53.8 Å². The first-order chi connectivity index (χ1) is 24.9. The quantitative estimate of drug-likeness (QED) is 0.0901. The highest BCUT2D eigenvalue weighted by atomic mass is 16.7. The van der Waals surface area contributed by atoms with Crippen molar-refractivity contribution in [1.82, 2.24) is 9.80 Å². The summed E-state index contributed by atoms with van der Waals surface area (Å²) in [5.74, 6) is -0.222. The van der Waals surface area contributed by atoms with Gasteiger partial charge < -0.3 is 30.9 Å². The highest BCUT2D eigenvalue weighted by Gasteiger charge is 2.34. The fraction of sp³-hybridized carbons (Fsp3) is 0.366. The Labute approximate surface area is 300 Å². The van der Waals surface area contributed by atoms with Crippen LogP contribution in [0.2, 0.25) is 0 Å². The maximum Gasteiger partial charge on any atom is 0.224 e. The van der Waals surface area contributed by atoms with Gasteiger partial charge in [-0.3, -0.25) is 19.4 Å². The third-order valence-electron chi connectivity index (χ3n) is 9.55. The monoisotopic (exact) mass is 691 g/mol. The van der Waals surface area contributed by atoms with Crippen LogP contribution in [-0.2, 0) is 32.2 Å². The van der Waals surface area contributed by atoms with Gasteiger partial charge >= 0.3 is 0 Å². The van der Waals surface area contributed by atoms with E-state index in [0.717, 1.165) is 62.4 Å². The number of hydrogen-bond donors (Lipinski definition) is 4. The lowest BCUT2D eigenvalue weighted by atomic mass is 9.99. The van der Waals surface area contributed by atoms with E-state index in [2.05, 4.69) is 50.8 Å². The number of nitrogens with one attached hydrogen (secondary N) is 2. The van der Waals surface area contributed by atoms with Crippen molar-refractivity contribution in [3.05, 3.63) is 125 Å². The highest BCUT2D eigenvalue weighted by Crippen LogP contribution is 2.38. The average molecular weight is 692 g/mol. The zero-order valence-electron chi connectivity index (χ0n) is 29.1. The number of unbranched alkanes of at least 4 members (excludes halogenated alkanes) is 1. The summed E-state index contributed by atoms with van der Waals surface area (Å²) >= 11 is 0. The van der Waals surface area contributed by atoms with Gasteiger partial charge in [-0.25, -0.2) is 0 Å². The number of benzene rings is 4. The number of amides is 2. The maximum atomic E-state index is 12.7. The van der Waals surface area contributed by atoms with E-state index >= 15 is 0 Å². The van der Waals surface area contributed by atoms with Crippen LogP contribution in [-0.4, -0.2) is 65.5 Å². The number of nitrogen functional groups attached to an aromatic ring is 1.